The minimum atomic E-state index is -0.128. The molecule has 124 valence electrons. The summed E-state index contributed by atoms with van der Waals surface area (Å²) in [5, 5.41) is 6.62. The van der Waals surface area contributed by atoms with Crippen molar-refractivity contribution >= 4 is 11.7 Å². The van der Waals surface area contributed by atoms with Gasteiger partial charge in [0.15, 0.2) is 5.82 Å². The van der Waals surface area contributed by atoms with Crippen molar-refractivity contribution in [3.8, 4) is 5.75 Å². The highest BCUT2D eigenvalue weighted by molar-refractivity contribution is 5.89. The summed E-state index contributed by atoms with van der Waals surface area (Å²) in [5.74, 6) is 1.97. The van der Waals surface area contributed by atoms with Crippen molar-refractivity contribution in [3.05, 3.63) is 41.7 Å². The van der Waals surface area contributed by atoms with Crippen LogP contribution < -0.4 is 10.1 Å². The number of para-hydroxylation sites is 1. The molecule has 1 heterocycles. The molecule has 0 bridgehead atoms. The van der Waals surface area contributed by atoms with Crippen LogP contribution in [0.2, 0.25) is 0 Å². The van der Waals surface area contributed by atoms with Crippen molar-refractivity contribution in [1.82, 2.24) is 5.16 Å². The minimum absolute atomic E-state index is 0.0906. The van der Waals surface area contributed by atoms with E-state index in [1.54, 1.807) is 6.07 Å². The molecule has 2 rings (SSSR count). The highest BCUT2D eigenvalue weighted by Gasteiger charge is 2.20. The molecule has 0 fully saturated rings. The molecule has 0 spiro atoms. The average Bonchev–Trinajstić information content (AvgIpc) is 2.94. The monoisotopic (exact) mass is 316 g/mol. The Morgan fingerprint density at radius 1 is 1.30 bits per heavy atom. The van der Waals surface area contributed by atoms with Crippen molar-refractivity contribution in [2.45, 2.75) is 46.0 Å². The van der Waals surface area contributed by atoms with Crippen LogP contribution in [-0.4, -0.2) is 17.7 Å². The van der Waals surface area contributed by atoms with Gasteiger partial charge in [-0.05, 0) is 25.0 Å². The SMILES string of the molecule is Cc1ccccc1OCCCC(=O)Nc1cc(C(C)(C)C)on1. The number of nitrogens with one attached hydrogen (secondary N) is 1. The van der Waals surface area contributed by atoms with E-state index in [0.29, 0.717) is 25.3 Å². The topological polar surface area (TPSA) is 64.4 Å². The molecule has 0 saturated heterocycles. The van der Waals surface area contributed by atoms with Crippen molar-refractivity contribution < 1.29 is 14.1 Å². The van der Waals surface area contributed by atoms with Gasteiger partial charge in [0.2, 0.25) is 5.91 Å². The lowest BCUT2D eigenvalue weighted by Gasteiger charge is -2.12. The Balaban J connectivity index is 1.73. The third kappa shape index (κ3) is 5.13. The predicted octanol–water partition coefficient (Wildman–Crippen LogP) is 4.08. The van der Waals surface area contributed by atoms with Crippen LogP contribution in [0.1, 0.15) is 44.9 Å². The Morgan fingerprint density at radius 3 is 2.70 bits per heavy atom. The van der Waals surface area contributed by atoms with Gasteiger partial charge < -0.3 is 14.6 Å². The summed E-state index contributed by atoms with van der Waals surface area (Å²) in [4.78, 5) is 11.9. The van der Waals surface area contributed by atoms with E-state index >= 15 is 0 Å². The standard InChI is InChI=1S/C18H24N2O3/c1-13-8-5-6-9-14(13)22-11-7-10-17(21)19-16-12-15(23-20-16)18(2,3)4/h5-6,8-9,12H,7,10-11H2,1-4H3,(H,19,20,21). The molecule has 0 radical (unpaired) electrons. The van der Waals surface area contributed by atoms with Crippen LogP contribution in [0.25, 0.3) is 0 Å². The molecule has 1 aromatic carbocycles. The lowest BCUT2D eigenvalue weighted by Crippen LogP contribution is -2.13. The number of nitrogens with zero attached hydrogens (tertiary/aromatic N) is 1. The summed E-state index contributed by atoms with van der Waals surface area (Å²) in [6.07, 6.45) is 1.02. The number of amides is 1. The zero-order chi connectivity index (χ0) is 16.9. The van der Waals surface area contributed by atoms with E-state index in [-0.39, 0.29) is 11.3 Å². The second kappa shape index (κ2) is 7.31. The Bertz CT molecular complexity index is 656. The van der Waals surface area contributed by atoms with Gasteiger partial charge in [0, 0.05) is 17.9 Å². The lowest BCUT2D eigenvalue weighted by atomic mass is 9.93. The van der Waals surface area contributed by atoms with Gasteiger partial charge in [-0.25, -0.2) is 0 Å². The maximum absolute atomic E-state index is 11.9. The Morgan fingerprint density at radius 2 is 2.04 bits per heavy atom. The Hall–Kier alpha value is -2.30. The number of aromatic nitrogens is 1. The Kier molecular flexibility index (Phi) is 5.42. The highest BCUT2D eigenvalue weighted by Crippen LogP contribution is 2.24. The number of carbonyl (C=O) groups excluding carboxylic acids is 1. The van der Waals surface area contributed by atoms with E-state index in [1.165, 1.54) is 0 Å². The molecule has 0 aliphatic heterocycles. The Labute approximate surface area is 137 Å². The van der Waals surface area contributed by atoms with Crippen LogP contribution in [0.4, 0.5) is 5.82 Å². The van der Waals surface area contributed by atoms with Gasteiger partial charge in [-0.3, -0.25) is 4.79 Å². The third-order valence-electron chi connectivity index (χ3n) is 3.42. The number of benzene rings is 1. The summed E-state index contributed by atoms with van der Waals surface area (Å²) >= 11 is 0. The number of hydrogen-bond acceptors (Lipinski definition) is 4. The molecular formula is C18H24N2O3. The average molecular weight is 316 g/mol. The van der Waals surface area contributed by atoms with Crippen molar-refractivity contribution in [2.24, 2.45) is 0 Å². The first kappa shape index (κ1) is 17.1. The van der Waals surface area contributed by atoms with Crippen molar-refractivity contribution in [3.63, 3.8) is 0 Å². The van der Waals surface area contributed by atoms with Gasteiger partial charge in [-0.2, -0.15) is 0 Å². The molecule has 5 heteroatoms. The van der Waals surface area contributed by atoms with Crippen LogP contribution in [0.3, 0.4) is 0 Å². The zero-order valence-corrected chi connectivity index (χ0v) is 14.2. The van der Waals surface area contributed by atoms with Gasteiger partial charge >= 0.3 is 0 Å². The smallest absolute Gasteiger partial charge is 0.225 e. The van der Waals surface area contributed by atoms with Gasteiger partial charge in [0.1, 0.15) is 11.5 Å². The molecule has 1 amide bonds. The van der Waals surface area contributed by atoms with Crippen LogP contribution in [0.5, 0.6) is 5.75 Å². The molecule has 0 atom stereocenters. The normalized spacial score (nSPS) is 11.3. The lowest BCUT2D eigenvalue weighted by molar-refractivity contribution is -0.116. The first-order chi connectivity index (χ1) is 10.9. The van der Waals surface area contributed by atoms with E-state index < -0.39 is 0 Å². The molecule has 0 unspecified atom stereocenters. The molecule has 23 heavy (non-hydrogen) atoms. The fourth-order valence-electron chi connectivity index (χ4n) is 2.03. The highest BCUT2D eigenvalue weighted by atomic mass is 16.5. The number of rotatable bonds is 6. The van der Waals surface area contributed by atoms with Crippen molar-refractivity contribution in [1.29, 1.82) is 0 Å². The second-order valence-electron chi connectivity index (χ2n) is 6.59. The van der Waals surface area contributed by atoms with E-state index in [4.69, 9.17) is 9.26 Å². The summed E-state index contributed by atoms with van der Waals surface area (Å²) in [6.45, 7) is 8.59. The van der Waals surface area contributed by atoms with E-state index in [1.807, 2.05) is 52.0 Å². The molecule has 1 N–H and O–H groups in total. The largest absolute Gasteiger partial charge is 0.493 e. The van der Waals surface area contributed by atoms with E-state index in [2.05, 4.69) is 10.5 Å². The number of ether oxygens (including phenoxy) is 1. The van der Waals surface area contributed by atoms with E-state index in [0.717, 1.165) is 17.1 Å². The van der Waals surface area contributed by atoms with Gasteiger partial charge in [0.05, 0.1) is 6.61 Å². The fraction of sp³-hybridized carbons (Fsp3) is 0.444. The number of carbonyl (C=O) groups is 1. The maximum atomic E-state index is 11.9. The maximum Gasteiger partial charge on any atom is 0.225 e. The van der Waals surface area contributed by atoms with Gasteiger partial charge in [-0.15, -0.1) is 0 Å². The summed E-state index contributed by atoms with van der Waals surface area (Å²) < 4.78 is 10.9. The molecule has 0 saturated carbocycles. The molecule has 0 aliphatic rings. The molecule has 1 aromatic heterocycles. The number of hydrogen-bond donors (Lipinski definition) is 1. The quantitative estimate of drug-likeness (QED) is 0.816. The van der Waals surface area contributed by atoms with Crippen LogP contribution in [0.15, 0.2) is 34.9 Å². The molecule has 0 aliphatic carbocycles. The van der Waals surface area contributed by atoms with Gasteiger partial charge in [-0.1, -0.05) is 44.1 Å². The second-order valence-corrected chi connectivity index (χ2v) is 6.59. The fourth-order valence-corrected chi connectivity index (χ4v) is 2.03. The van der Waals surface area contributed by atoms with Crippen LogP contribution in [0, 0.1) is 6.92 Å². The first-order valence-electron chi connectivity index (χ1n) is 7.82. The number of anilines is 1. The first-order valence-corrected chi connectivity index (χ1v) is 7.82. The number of aryl methyl sites for hydroxylation is 1. The van der Waals surface area contributed by atoms with Gasteiger partial charge in [0.25, 0.3) is 0 Å². The summed E-state index contributed by atoms with van der Waals surface area (Å²) in [5.41, 5.74) is 0.964. The zero-order valence-electron chi connectivity index (χ0n) is 14.2. The molecule has 5 nitrogen and oxygen atoms in total. The molecule has 2 aromatic rings. The van der Waals surface area contributed by atoms with Crippen LogP contribution in [-0.2, 0) is 10.2 Å². The van der Waals surface area contributed by atoms with E-state index in [9.17, 15) is 4.79 Å². The summed E-state index contributed by atoms with van der Waals surface area (Å²) in [7, 11) is 0. The molecular weight excluding hydrogens is 292 g/mol. The summed E-state index contributed by atoms with van der Waals surface area (Å²) in [6, 6.07) is 9.60. The minimum Gasteiger partial charge on any atom is -0.493 e. The van der Waals surface area contributed by atoms with Crippen LogP contribution >= 0.6 is 0 Å². The predicted molar refractivity (Wildman–Crippen MR) is 89.7 cm³/mol. The van der Waals surface area contributed by atoms with Crippen molar-refractivity contribution in [2.75, 3.05) is 11.9 Å². The third-order valence-corrected chi connectivity index (χ3v) is 3.42.